The number of likely N-dealkylation sites (tertiary alicyclic amines) is 1. The van der Waals surface area contributed by atoms with Crippen molar-refractivity contribution in [2.75, 3.05) is 13.1 Å². The molecule has 1 heterocycles. The molecule has 1 aliphatic heterocycles. The molecular weight excluding hydrogens is 266 g/mol. The van der Waals surface area contributed by atoms with Gasteiger partial charge in [0.15, 0.2) is 0 Å². The van der Waals surface area contributed by atoms with Crippen molar-refractivity contribution >= 4 is 11.7 Å². The van der Waals surface area contributed by atoms with Gasteiger partial charge in [0, 0.05) is 24.6 Å². The topological polar surface area (TPSA) is 78.9 Å². The molecule has 1 saturated heterocycles. The molecule has 0 radical (unpaired) electrons. The lowest BCUT2D eigenvalue weighted by molar-refractivity contribution is 0.0700. The van der Waals surface area contributed by atoms with Gasteiger partial charge in [-0.05, 0) is 44.7 Å². The second-order valence-corrected chi connectivity index (χ2v) is 5.89. The summed E-state index contributed by atoms with van der Waals surface area (Å²) in [6.45, 7) is 7.21. The van der Waals surface area contributed by atoms with Crippen molar-refractivity contribution in [3.63, 3.8) is 0 Å². The highest BCUT2D eigenvalue weighted by atomic mass is 16.4. The summed E-state index contributed by atoms with van der Waals surface area (Å²) in [4.78, 5) is 14.6. The Bertz CT molecular complexity index is 558. The molecule has 1 aliphatic rings. The number of aryl methyl sites for hydroxylation is 3. The van der Waals surface area contributed by atoms with E-state index in [2.05, 4.69) is 5.16 Å². The van der Waals surface area contributed by atoms with Crippen molar-refractivity contribution in [1.82, 2.24) is 4.90 Å². The largest absolute Gasteiger partial charge is 0.409 e. The van der Waals surface area contributed by atoms with E-state index in [1.165, 1.54) is 0 Å². The number of carbonyl (C=O) groups excluding carboxylic acids is 1. The van der Waals surface area contributed by atoms with Crippen LogP contribution in [0.25, 0.3) is 0 Å². The SMILES string of the molecule is Cc1cc(C)c(C(=O)N2CCCC(C(N)=NO)C2)c(C)c1. The highest BCUT2D eigenvalue weighted by molar-refractivity contribution is 5.97. The summed E-state index contributed by atoms with van der Waals surface area (Å²) in [5, 5.41) is 11.9. The molecule has 1 aromatic carbocycles. The number of nitrogens with two attached hydrogens (primary N) is 1. The Labute approximate surface area is 125 Å². The maximum atomic E-state index is 12.8. The molecule has 21 heavy (non-hydrogen) atoms. The lowest BCUT2D eigenvalue weighted by atomic mass is 9.94. The summed E-state index contributed by atoms with van der Waals surface area (Å²) in [7, 11) is 0. The number of nitrogens with zero attached hydrogens (tertiary/aromatic N) is 2. The van der Waals surface area contributed by atoms with Crippen molar-refractivity contribution in [1.29, 1.82) is 0 Å². The third-order valence-electron chi connectivity index (χ3n) is 4.13. The Balaban J connectivity index is 2.24. The van der Waals surface area contributed by atoms with Crippen molar-refractivity contribution in [2.45, 2.75) is 33.6 Å². The van der Waals surface area contributed by atoms with E-state index in [1.807, 2.05) is 37.8 Å². The first-order valence-electron chi connectivity index (χ1n) is 7.28. The first kappa shape index (κ1) is 15.4. The summed E-state index contributed by atoms with van der Waals surface area (Å²) in [5.41, 5.74) is 9.64. The van der Waals surface area contributed by atoms with E-state index in [0.717, 1.165) is 41.6 Å². The lowest BCUT2D eigenvalue weighted by Gasteiger charge is -2.32. The van der Waals surface area contributed by atoms with Gasteiger partial charge < -0.3 is 15.8 Å². The Kier molecular flexibility index (Phi) is 4.50. The molecule has 0 aliphatic carbocycles. The second kappa shape index (κ2) is 6.16. The van der Waals surface area contributed by atoms with Crippen LogP contribution < -0.4 is 5.73 Å². The third kappa shape index (κ3) is 3.17. The zero-order valence-electron chi connectivity index (χ0n) is 12.9. The van der Waals surface area contributed by atoms with Crippen LogP contribution in [0.3, 0.4) is 0 Å². The molecule has 5 heteroatoms. The first-order chi connectivity index (χ1) is 9.93. The molecule has 1 unspecified atom stereocenters. The molecule has 1 aromatic rings. The Morgan fingerprint density at radius 3 is 2.52 bits per heavy atom. The number of benzene rings is 1. The zero-order valence-corrected chi connectivity index (χ0v) is 12.9. The van der Waals surface area contributed by atoms with Crippen molar-refractivity contribution < 1.29 is 10.0 Å². The van der Waals surface area contributed by atoms with E-state index >= 15 is 0 Å². The van der Waals surface area contributed by atoms with E-state index in [0.29, 0.717) is 6.54 Å². The number of hydrogen-bond acceptors (Lipinski definition) is 3. The molecular formula is C16H23N3O2. The highest BCUT2D eigenvalue weighted by Gasteiger charge is 2.28. The van der Waals surface area contributed by atoms with Gasteiger partial charge in [-0.2, -0.15) is 0 Å². The van der Waals surface area contributed by atoms with Gasteiger partial charge in [-0.1, -0.05) is 22.9 Å². The first-order valence-corrected chi connectivity index (χ1v) is 7.28. The second-order valence-electron chi connectivity index (χ2n) is 5.89. The third-order valence-corrected chi connectivity index (χ3v) is 4.13. The lowest BCUT2D eigenvalue weighted by Crippen LogP contribution is -2.44. The molecule has 1 atom stereocenters. The number of carbonyl (C=O) groups is 1. The molecule has 1 fully saturated rings. The van der Waals surface area contributed by atoms with Gasteiger partial charge in [0.25, 0.3) is 5.91 Å². The predicted octanol–water partition coefficient (Wildman–Crippen LogP) is 2.21. The van der Waals surface area contributed by atoms with Crippen LogP contribution >= 0.6 is 0 Å². The van der Waals surface area contributed by atoms with Crippen LogP contribution in [-0.4, -0.2) is 34.9 Å². The fourth-order valence-corrected chi connectivity index (χ4v) is 3.16. The Morgan fingerprint density at radius 1 is 1.33 bits per heavy atom. The molecule has 0 spiro atoms. The smallest absolute Gasteiger partial charge is 0.254 e. The van der Waals surface area contributed by atoms with E-state index in [1.54, 1.807) is 0 Å². The Hall–Kier alpha value is -2.04. The number of amidine groups is 1. The quantitative estimate of drug-likeness (QED) is 0.379. The molecule has 5 nitrogen and oxygen atoms in total. The van der Waals surface area contributed by atoms with Crippen LogP contribution in [0, 0.1) is 26.7 Å². The van der Waals surface area contributed by atoms with E-state index < -0.39 is 0 Å². The summed E-state index contributed by atoms with van der Waals surface area (Å²) in [6, 6.07) is 4.07. The maximum absolute atomic E-state index is 12.8. The van der Waals surface area contributed by atoms with Crippen LogP contribution in [0.1, 0.15) is 39.9 Å². The average molecular weight is 289 g/mol. The van der Waals surface area contributed by atoms with Gasteiger partial charge in [-0.3, -0.25) is 4.79 Å². The predicted molar refractivity (Wildman–Crippen MR) is 82.7 cm³/mol. The van der Waals surface area contributed by atoms with Gasteiger partial charge in [-0.15, -0.1) is 0 Å². The van der Waals surface area contributed by atoms with E-state index in [4.69, 9.17) is 10.9 Å². The maximum Gasteiger partial charge on any atom is 0.254 e. The normalized spacial score (nSPS) is 19.7. The van der Waals surface area contributed by atoms with Gasteiger partial charge in [0.2, 0.25) is 0 Å². The number of piperidine rings is 1. The van der Waals surface area contributed by atoms with Crippen LogP contribution in [0.4, 0.5) is 0 Å². The number of hydrogen-bond donors (Lipinski definition) is 2. The van der Waals surface area contributed by atoms with Crippen LogP contribution in [0.5, 0.6) is 0 Å². The zero-order chi connectivity index (χ0) is 15.6. The minimum atomic E-state index is -0.0567. The minimum absolute atomic E-state index is 0.0421. The van der Waals surface area contributed by atoms with Gasteiger partial charge in [0.1, 0.15) is 5.84 Å². The Morgan fingerprint density at radius 2 is 1.95 bits per heavy atom. The fraction of sp³-hybridized carbons (Fsp3) is 0.500. The van der Waals surface area contributed by atoms with Crippen molar-refractivity contribution in [3.05, 3.63) is 34.4 Å². The van der Waals surface area contributed by atoms with Crippen molar-refractivity contribution in [3.8, 4) is 0 Å². The van der Waals surface area contributed by atoms with E-state index in [-0.39, 0.29) is 17.7 Å². The number of oxime groups is 1. The summed E-state index contributed by atoms with van der Waals surface area (Å²) >= 11 is 0. The summed E-state index contributed by atoms with van der Waals surface area (Å²) in [5.74, 6) is 0.198. The number of amides is 1. The molecule has 0 aromatic heterocycles. The highest BCUT2D eigenvalue weighted by Crippen LogP contribution is 2.23. The van der Waals surface area contributed by atoms with Crippen LogP contribution in [-0.2, 0) is 0 Å². The van der Waals surface area contributed by atoms with E-state index in [9.17, 15) is 4.79 Å². The van der Waals surface area contributed by atoms with Crippen molar-refractivity contribution in [2.24, 2.45) is 16.8 Å². The standard InChI is InChI=1S/C16H23N3O2/c1-10-7-11(2)14(12(3)8-10)16(20)19-6-4-5-13(9-19)15(17)18-21/h7-8,13,21H,4-6,9H2,1-3H3,(H2,17,18). The molecule has 1 amide bonds. The van der Waals surface area contributed by atoms with Crippen LogP contribution in [0.15, 0.2) is 17.3 Å². The molecule has 114 valence electrons. The number of rotatable bonds is 2. The molecule has 0 bridgehead atoms. The molecule has 0 saturated carbocycles. The summed E-state index contributed by atoms with van der Waals surface area (Å²) in [6.07, 6.45) is 1.72. The van der Waals surface area contributed by atoms with Gasteiger partial charge >= 0.3 is 0 Å². The average Bonchev–Trinajstić information content (AvgIpc) is 2.45. The summed E-state index contributed by atoms with van der Waals surface area (Å²) < 4.78 is 0. The monoisotopic (exact) mass is 289 g/mol. The fourth-order valence-electron chi connectivity index (χ4n) is 3.16. The van der Waals surface area contributed by atoms with Gasteiger partial charge in [0.05, 0.1) is 0 Å². The molecule has 2 rings (SSSR count). The molecule has 3 N–H and O–H groups in total. The van der Waals surface area contributed by atoms with Crippen LogP contribution in [0.2, 0.25) is 0 Å². The minimum Gasteiger partial charge on any atom is -0.409 e. The van der Waals surface area contributed by atoms with Gasteiger partial charge in [-0.25, -0.2) is 0 Å².